The van der Waals surface area contributed by atoms with E-state index in [2.05, 4.69) is 6.92 Å². The van der Waals surface area contributed by atoms with Crippen LogP contribution in [0.3, 0.4) is 0 Å². The maximum Gasteiger partial charge on any atom is 1.00 e. The van der Waals surface area contributed by atoms with Gasteiger partial charge >= 0.3 is 224 Å². The second-order valence-electron chi connectivity index (χ2n) is 12.9. The Morgan fingerprint density at radius 2 is 0.900 bits per heavy atom. The Bertz CT molecular complexity index is 2390. The molecule has 24 heteroatoms. The number of aliphatic hydroxyl groups excluding tert-OH is 1. The second-order valence-corrected chi connectivity index (χ2v) is 12.9. The van der Waals surface area contributed by atoms with Gasteiger partial charge in [-0.05, 0) is 87.2 Å². The molecule has 20 nitrogen and oxygen atoms in total. The molecule has 0 amide bonds. The van der Waals surface area contributed by atoms with Gasteiger partial charge in [-0.25, -0.2) is 0 Å². The molecule has 0 fully saturated rings. The molecule has 2 aliphatic rings. The first-order chi connectivity index (χ1) is 31.0. The molecule has 0 saturated carbocycles. The van der Waals surface area contributed by atoms with Crippen LogP contribution in [0.25, 0.3) is 0 Å². The summed E-state index contributed by atoms with van der Waals surface area (Å²) in [4.78, 5) is 112. The number of carboxylic acid groups (broad SMARTS) is 3. The zero-order valence-corrected chi connectivity index (χ0v) is 52.0. The van der Waals surface area contributed by atoms with Gasteiger partial charge in [0.2, 0.25) is 0 Å². The van der Waals surface area contributed by atoms with Crippen LogP contribution in [0.4, 0.5) is 0 Å². The summed E-state index contributed by atoms with van der Waals surface area (Å²) in [6, 6.07) is 18.3. The van der Waals surface area contributed by atoms with Crippen LogP contribution in [0.2, 0.25) is 0 Å². The van der Waals surface area contributed by atoms with Crippen molar-refractivity contribution in [1.29, 1.82) is 0 Å². The minimum atomic E-state index is -1.10. The van der Waals surface area contributed by atoms with E-state index in [4.69, 9.17) is 53.5 Å². The van der Waals surface area contributed by atoms with Crippen molar-refractivity contribution >= 4 is 53.3 Å². The van der Waals surface area contributed by atoms with Crippen molar-refractivity contribution in [3.63, 3.8) is 0 Å². The fraction of sp³-hybridized carbons (Fsp3) is 0.261. The third kappa shape index (κ3) is 27.6. The molecule has 0 saturated heterocycles. The molecule has 4 aromatic rings. The molecule has 0 spiro atoms. The summed E-state index contributed by atoms with van der Waals surface area (Å²) in [7, 11) is 0. The number of aliphatic carboxylic acids is 3. The molecule has 6 rings (SSSR count). The number of carbonyl (C=O) groups is 7. The first-order valence-corrected chi connectivity index (χ1v) is 19.2. The molecule has 0 bridgehead atoms. The van der Waals surface area contributed by atoms with Crippen LogP contribution in [0.15, 0.2) is 72.8 Å². The maximum absolute atomic E-state index is 12.8. The van der Waals surface area contributed by atoms with Crippen LogP contribution in [-0.4, -0.2) is 95.5 Å². The summed E-state index contributed by atoms with van der Waals surface area (Å²) < 4.78 is 16.5. The van der Waals surface area contributed by atoms with E-state index < -0.39 is 17.9 Å². The van der Waals surface area contributed by atoms with Crippen molar-refractivity contribution in [3.05, 3.63) is 124 Å². The average Bonchev–Trinajstić information content (AvgIpc) is 3.27. The molecule has 0 unspecified atom stereocenters. The van der Waals surface area contributed by atoms with Gasteiger partial charge in [0.05, 0.1) is 19.8 Å². The molecule has 0 radical (unpaired) electrons. The number of fused-ring (bicyclic) bond motifs is 4. The van der Waals surface area contributed by atoms with E-state index in [0.29, 0.717) is 83.1 Å². The third-order valence-corrected chi connectivity index (χ3v) is 8.15. The Hall–Kier alpha value is -1.60. The molecular weight excluding hydrogens is 1030 g/mol. The minimum Gasteiger partial charge on any atom is -0.872 e. The van der Waals surface area contributed by atoms with Crippen LogP contribution in [0, 0.1) is 6.92 Å². The van der Waals surface area contributed by atoms with Gasteiger partial charge < -0.3 is 61.7 Å². The summed E-state index contributed by atoms with van der Waals surface area (Å²) in [5.41, 5.74) is 2.37. The van der Waals surface area contributed by atoms with Crippen molar-refractivity contribution in [2.45, 2.75) is 52.4 Å². The summed E-state index contributed by atoms with van der Waals surface area (Å²) in [5, 5.41) is 46.5. The molecule has 2 aliphatic carbocycles. The quantitative estimate of drug-likeness (QED) is 0.0581. The van der Waals surface area contributed by atoms with E-state index in [9.17, 15) is 39.0 Å². The fourth-order valence-corrected chi connectivity index (χ4v) is 5.53. The smallest absolute Gasteiger partial charge is 0.872 e. The summed E-state index contributed by atoms with van der Waals surface area (Å²) in [6.45, 7) is 7.77. The SMILES string of the molecule is CC(=O)[O-].CCCOc1ccc2c(c1)C(=O)c1ccc(OCCCC(=O)O)cc1C2=O.O=C([O-])CCCO.O=C=O.O=C=O.[CH2-]CCOc1ccc2c(c1)C(=O)c1ccc([O-])cc1C2=O.[K+].[K+].[K+].[K+].[OH-]. The van der Waals surface area contributed by atoms with Gasteiger partial charge in [-0.3, -0.25) is 24.0 Å². The predicted molar refractivity (Wildman–Crippen MR) is 217 cm³/mol. The number of ketones is 4. The topological polar surface area (TPSA) is 355 Å². The van der Waals surface area contributed by atoms with Crippen LogP contribution in [0.1, 0.15) is 116 Å². The van der Waals surface area contributed by atoms with E-state index in [1.165, 1.54) is 18.2 Å². The number of aliphatic hydroxyl groups is 1. The van der Waals surface area contributed by atoms with Gasteiger partial charge in [-0.2, -0.15) is 19.2 Å². The van der Waals surface area contributed by atoms with E-state index in [0.717, 1.165) is 13.3 Å². The van der Waals surface area contributed by atoms with E-state index in [1.807, 2.05) is 6.92 Å². The number of hydrogen-bond donors (Lipinski definition) is 2. The molecule has 0 heterocycles. The Labute approximate surface area is 572 Å². The zero-order chi connectivity index (χ0) is 49.1. The summed E-state index contributed by atoms with van der Waals surface area (Å²) >= 11 is 0. The number of hydrogen-bond acceptors (Lipinski definition) is 19. The Kier molecular flexibility index (Phi) is 48.3. The van der Waals surface area contributed by atoms with E-state index in [1.54, 1.807) is 54.6 Å². The van der Waals surface area contributed by atoms with E-state index in [-0.39, 0.29) is 289 Å². The maximum atomic E-state index is 12.8. The van der Waals surface area contributed by atoms with Gasteiger partial charge in [-0.15, -0.1) is 12.2 Å². The zero-order valence-electron chi connectivity index (χ0n) is 39.5. The van der Waals surface area contributed by atoms with Crippen molar-refractivity contribution in [3.8, 4) is 23.0 Å². The van der Waals surface area contributed by atoms with Crippen LogP contribution < -0.4 is 235 Å². The molecule has 70 heavy (non-hydrogen) atoms. The number of benzene rings is 4. The summed E-state index contributed by atoms with van der Waals surface area (Å²) in [5.74, 6) is -2.85. The molecule has 0 aromatic heterocycles. The fourth-order valence-electron chi connectivity index (χ4n) is 5.53. The van der Waals surface area contributed by atoms with Gasteiger partial charge in [0.1, 0.15) is 17.2 Å². The first kappa shape index (κ1) is 77.3. The third-order valence-electron chi connectivity index (χ3n) is 8.15. The van der Waals surface area contributed by atoms with Gasteiger partial charge in [-0.1, -0.05) is 25.1 Å². The van der Waals surface area contributed by atoms with Gasteiger partial charge in [0.15, 0.2) is 23.1 Å². The van der Waals surface area contributed by atoms with Crippen molar-refractivity contribution in [2.75, 3.05) is 26.4 Å². The van der Waals surface area contributed by atoms with Crippen molar-refractivity contribution in [1.82, 2.24) is 0 Å². The largest absolute Gasteiger partial charge is 1.00 e. The Balaban J connectivity index is -0.000000291. The van der Waals surface area contributed by atoms with Crippen molar-refractivity contribution < 1.29 is 303 Å². The molecule has 3 N–H and O–H groups in total. The van der Waals surface area contributed by atoms with Crippen LogP contribution in [0.5, 0.6) is 23.0 Å². The average molecular weight is 1070 g/mol. The predicted octanol–water partition coefficient (Wildman–Crippen LogP) is -10.4. The van der Waals surface area contributed by atoms with Gasteiger partial charge in [0, 0.05) is 69.5 Å². The molecule has 4 aromatic carbocycles. The number of rotatable bonds is 14. The Morgan fingerprint density at radius 3 is 1.20 bits per heavy atom. The number of ether oxygens (including phenoxy) is 3. The molecule has 0 atom stereocenters. The van der Waals surface area contributed by atoms with Crippen LogP contribution >= 0.6 is 0 Å². The number of carboxylic acids is 3. The second kappa shape index (κ2) is 43.8. The number of carbonyl (C=O) groups excluding carboxylic acids is 10. The summed E-state index contributed by atoms with van der Waals surface area (Å²) in [6.07, 6.45) is 2.58. The molecule has 0 aliphatic heterocycles. The first-order valence-electron chi connectivity index (χ1n) is 19.2. The van der Waals surface area contributed by atoms with Crippen LogP contribution in [-0.2, 0) is 33.6 Å². The van der Waals surface area contributed by atoms with Gasteiger partial charge in [0.25, 0.3) is 0 Å². The normalized spacial score (nSPS) is 10.1. The van der Waals surface area contributed by atoms with Crippen molar-refractivity contribution in [2.24, 2.45) is 0 Å². The Morgan fingerprint density at radius 1 is 0.571 bits per heavy atom. The molecular formula is C46H43K4O20-. The monoisotopic (exact) mass is 1070 g/mol. The standard InChI is InChI=1S/C21H20O6.C17H13O4.C4H8O3.C2H4O2.2CO2.4K.H2O/c1-2-9-26-13-5-7-15-17(11-13)20(24)16-8-6-14(12-18(16)21(15)25)27-10-3-4-19(22)23;1-2-7-21-11-4-6-13-15(9-11)17(20)12-5-3-10(18)8-14(12)16(13)19;5-3-1-2-4(6)7;1-2(3)4;2*2-1-3;;;;;/h5-8,11-12H,2-4,9-10H2,1H3,(H,22,23);3-6,8-9,18H,1-2,7H2;5H,1-3H2,(H,6,7);1H3,(H,3,4);;;;;;;1H2/q;-1;;;;;4*+1;/p-4. The molecule has 352 valence electrons. The minimum absolute atomic E-state index is 0. The van der Waals surface area contributed by atoms with E-state index >= 15 is 0 Å².